The Bertz CT molecular complexity index is 937. The summed E-state index contributed by atoms with van der Waals surface area (Å²) in [4.78, 5) is 28.4. The van der Waals surface area contributed by atoms with Gasteiger partial charge in [0, 0.05) is 12.3 Å². The molecule has 0 fully saturated rings. The average molecular weight is 349 g/mol. The minimum Gasteiger partial charge on any atom is -0.461 e. The van der Waals surface area contributed by atoms with Crippen LogP contribution in [0.25, 0.3) is 10.8 Å². The lowest BCUT2D eigenvalue weighted by molar-refractivity contribution is -0.144. The third kappa shape index (κ3) is 3.72. The molecule has 0 aliphatic rings. The zero-order valence-corrected chi connectivity index (χ0v) is 14.6. The van der Waals surface area contributed by atoms with Crippen LogP contribution in [0.5, 0.6) is 0 Å². The van der Waals surface area contributed by atoms with Gasteiger partial charge < -0.3 is 9.47 Å². The summed E-state index contributed by atoms with van der Waals surface area (Å²) in [6.07, 6.45) is -0.715. The smallest absolute Gasteiger partial charge is 0.356 e. The number of nitrogens with zero attached hydrogens (tertiary/aromatic N) is 1. The van der Waals surface area contributed by atoms with E-state index in [0.717, 1.165) is 16.3 Å². The first-order valence-corrected chi connectivity index (χ1v) is 8.39. The summed E-state index contributed by atoms with van der Waals surface area (Å²) in [6, 6.07) is 18.6. The van der Waals surface area contributed by atoms with Gasteiger partial charge >= 0.3 is 11.9 Å². The van der Waals surface area contributed by atoms with Crippen molar-refractivity contribution in [3.8, 4) is 0 Å². The van der Waals surface area contributed by atoms with E-state index in [1.807, 2.05) is 54.6 Å². The van der Waals surface area contributed by atoms with Crippen LogP contribution in [0.4, 0.5) is 0 Å². The van der Waals surface area contributed by atoms with Crippen LogP contribution >= 0.6 is 0 Å². The number of carbonyl (C=O) groups is 2. The summed E-state index contributed by atoms with van der Waals surface area (Å²) in [6.45, 7) is 3.35. The van der Waals surface area contributed by atoms with E-state index >= 15 is 0 Å². The maximum absolute atomic E-state index is 12.2. The molecule has 2 aromatic carbocycles. The van der Waals surface area contributed by atoms with Gasteiger partial charge in [-0.25, -0.2) is 9.78 Å². The van der Waals surface area contributed by atoms with E-state index in [4.69, 9.17) is 9.47 Å². The second kappa shape index (κ2) is 7.78. The summed E-state index contributed by atoms with van der Waals surface area (Å²) >= 11 is 0. The molecule has 0 radical (unpaired) electrons. The molecule has 0 bridgehead atoms. The van der Waals surface area contributed by atoms with E-state index in [0.29, 0.717) is 5.69 Å². The number of benzene rings is 2. The van der Waals surface area contributed by atoms with Crippen LogP contribution in [0.15, 0.2) is 60.7 Å². The molecule has 1 aromatic heterocycles. The Morgan fingerprint density at radius 1 is 1.04 bits per heavy atom. The van der Waals surface area contributed by atoms with Gasteiger partial charge in [-0.1, -0.05) is 54.6 Å². The number of rotatable bonds is 5. The molecule has 0 aliphatic heterocycles. The first-order chi connectivity index (χ1) is 12.6. The Labute approximate surface area is 151 Å². The minimum absolute atomic E-state index is 0.189. The van der Waals surface area contributed by atoms with Crippen LogP contribution in [0.1, 0.15) is 41.7 Å². The topological polar surface area (TPSA) is 65.5 Å². The fourth-order valence-electron chi connectivity index (χ4n) is 2.81. The maximum atomic E-state index is 12.2. The highest BCUT2D eigenvalue weighted by molar-refractivity contribution is 5.94. The van der Waals surface area contributed by atoms with Crippen LogP contribution in [0.2, 0.25) is 0 Å². The zero-order chi connectivity index (χ0) is 18.5. The Morgan fingerprint density at radius 3 is 2.42 bits per heavy atom. The van der Waals surface area contributed by atoms with Crippen molar-refractivity contribution < 1.29 is 19.1 Å². The largest absolute Gasteiger partial charge is 0.461 e. The lowest BCUT2D eigenvalue weighted by atomic mass is 10.00. The number of hydrogen-bond donors (Lipinski definition) is 0. The molecule has 5 nitrogen and oxygen atoms in total. The standard InChI is InChI=1S/C21H19NO4/c1-3-25-21(24)18-13-16-11-7-8-12-17(16)19(22-18)20(26-14(2)23)15-9-5-4-6-10-15/h4-13,20H,3H2,1-2H3. The molecule has 5 heteroatoms. The van der Waals surface area contributed by atoms with Crippen molar-refractivity contribution in [2.45, 2.75) is 20.0 Å². The Hall–Kier alpha value is -3.21. The van der Waals surface area contributed by atoms with Gasteiger partial charge in [0.25, 0.3) is 0 Å². The summed E-state index contributed by atoms with van der Waals surface area (Å²) in [5.41, 5.74) is 1.47. The van der Waals surface area contributed by atoms with Crippen LogP contribution in [0, 0.1) is 0 Å². The minimum atomic E-state index is -0.715. The van der Waals surface area contributed by atoms with E-state index in [1.54, 1.807) is 13.0 Å². The van der Waals surface area contributed by atoms with Crippen molar-refractivity contribution in [1.82, 2.24) is 4.98 Å². The molecular weight excluding hydrogens is 330 g/mol. The third-order valence-electron chi connectivity index (χ3n) is 3.89. The second-order valence-corrected chi connectivity index (χ2v) is 5.73. The third-order valence-corrected chi connectivity index (χ3v) is 3.89. The highest BCUT2D eigenvalue weighted by Gasteiger charge is 2.23. The molecular formula is C21H19NO4. The SMILES string of the molecule is CCOC(=O)c1cc2ccccc2c(C(OC(C)=O)c2ccccc2)n1. The predicted molar refractivity (Wildman–Crippen MR) is 97.8 cm³/mol. The first-order valence-electron chi connectivity index (χ1n) is 8.39. The molecule has 0 amide bonds. The monoisotopic (exact) mass is 349 g/mol. The number of hydrogen-bond acceptors (Lipinski definition) is 5. The summed E-state index contributed by atoms with van der Waals surface area (Å²) in [7, 11) is 0. The predicted octanol–water partition coefficient (Wildman–Crippen LogP) is 4.06. The summed E-state index contributed by atoms with van der Waals surface area (Å²) in [5, 5.41) is 1.64. The second-order valence-electron chi connectivity index (χ2n) is 5.73. The molecule has 0 spiro atoms. The van der Waals surface area contributed by atoms with Crippen molar-refractivity contribution in [2.75, 3.05) is 6.61 Å². The fourth-order valence-corrected chi connectivity index (χ4v) is 2.81. The Balaban J connectivity index is 2.22. The molecule has 0 N–H and O–H groups in total. The molecule has 0 saturated heterocycles. The van der Waals surface area contributed by atoms with E-state index in [2.05, 4.69) is 4.98 Å². The molecule has 3 aromatic rings. The number of aromatic nitrogens is 1. The van der Waals surface area contributed by atoms with E-state index in [-0.39, 0.29) is 12.3 Å². The fraction of sp³-hybridized carbons (Fsp3) is 0.190. The number of fused-ring (bicyclic) bond motifs is 1. The van der Waals surface area contributed by atoms with Crippen LogP contribution < -0.4 is 0 Å². The van der Waals surface area contributed by atoms with E-state index in [9.17, 15) is 9.59 Å². The summed E-state index contributed by atoms with van der Waals surface area (Å²) < 4.78 is 10.7. The number of esters is 2. The number of pyridine rings is 1. The van der Waals surface area contributed by atoms with Gasteiger partial charge in [-0.3, -0.25) is 4.79 Å². The molecule has 0 saturated carbocycles. The summed E-state index contributed by atoms with van der Waals surface area (Å²) in [5.74, 6) is -0.930. The normalized spacial score (nSPS) is 11.8. The van der Waals surface area contributed by atoms with Crippen LogP contribution in [-0.4, -0.2) is 23.5 Å². The lowest BCUT2D eigenvalue weighted by Crippen LogP contribution is -2.15. The van der Waals surface area contributed by atoms with E-state index < -0.39 is 18.0 Å². The zero-order valence-electron chi connectivity index (χ0n) is 14.6. The van der Waals surface area contributed by atoms with E-state index in [1.165, 1.54) is 6.92 Å². The highest BCUT2D eigenvalue weighted by Crippen LogP contribution is 2.31. The van der Waals surface area contributed by atoms with Gasteiger partial charge in [-0.05, 0) is 23.9 Å². The number of ether oxygens (including phenoxy) is 2. The van der Waals surface area contributed by atoms with Gasteiger partial charge in [0.05, 0.1) is 12.3 Å². The van der Waals surface area contributed by atoms with Gasteiger partial charge in [-0.2, -0.15) is 0 Å². The average Bonchev–Trinajstić information content (AvgIpc) is 2.66. The first kappa shape index (κ1) is 17.6. The van der Waals surface area contributed by atoms with Gasteiger partial charge in [0.15, 0.2) is 6.10 Å². The van der Waals surface area contributed by atoms with Crippen LogP contribution in [0.3, 0.4) is 0 Å². The van der Waals surface area contributed by atoms with Gasteiger partial charge in [0.1, 0.15) is 5.69 Å². The Morgan fingerprint density at radius 2 is 1.73 bits per heavy atom. The molecule has 26 heavy (non-hydrogen) atoms. The molecule has 0 aliphatic carbocycles. The van der Waals surface area contributed by atoms with Gasteiger partial charge in [0.2, 0.25) is 0 Å². The molecule has 1 atom stereocenters. The molecule has 1 heterocycles. The van der Waals surface area contributed by atoms with Crippen molar-refractivity contribution in [2.24, 2.45) is 0 Å². The van der Waals surface area contributed by atoms with Crippen LogP contribution in [-0.2, 0) is 14.3 Å². The van der Waals surface area contributed by atoms with Crippen molar-refractivity contribution >= 4 is 22.7 Å². The lowest BCUT2D eigenvalue weighted by Gasteiger charge is -2.19. The molecule has 3 rings (SSSR count). The van der Waals surface area contributed by atoms with Crippen molar-refractivity contribution in [3.63, 3.8) is 0 Å². The molecule has 132 valence electrons. The van der Waals surface area contributed by atoms with Gasteiger partial charge in [-0.15, -0.1) is 0 Å². The molecule has 1 unspecified atom stereocenters. The Kier molecular flexibility index (Phi) is 5.27. The number of carbonyl (C=O) groups excluding carboxylic acids is 2. The quantitative estimate of drug-likeness (QED) is 0.650. The maximum Gasteiger partial charge on any atom is 0.356 e. The highest BCUT2D eigenvalue weighted by atomic mass is 16.5. The van der Waals surface area contributed by atoms with Crippen molar-refractivity contribution in [1.29, 1.82) is 0 Å². The van der Waals surface area contributed by atoms with Crippen molar-refractivity contribution in [3.05, 3.63) is 77.6 Å².